The predicted molar refractivity (Wildman–Crippen MR) is 110 cm³/mol. The van der Waals surface area contributed by atoms with Crippen LogP contribution in [-0.2, 0) is 6.54 Å². The number of rotatable bonds is 5. The van der Waals surface area contributed by atoms with Crippen molar-refractivity contribution in [3.8, 4) is 0 Å². The maximum Gasteiger partial charge on any atom is 0.191 e. The van der Waals surface area contributed by atoms with E-state index in [1.165, 1.54) is 16.7 Å². The lowest BCUT2D eigenvalue weighted by atomic mass is 9.99. The van der Waals surface area contributed by atoms with Crippen molar-refractivity contribution in [2.24, 2.45) is 4.99 Å². The van der Waals surface area contributed by atoms with E-state index >= 15 is 0 Å². The van der Waals surface area contributed by atoms with Crippen molar-refractivity contribution in [3.63, 3.8) is 0 Å². The second kappa shape index (κ2) is 10.3. The Morgan fingerprint density at radius 3 is 2.43 bits per heavy atom. The topological polar surface area (TPSA) is 36.4 Å². The fourth-order valence-electron chi connectivity index (χ4n) is 2.35. The summed E-state index contributed by atoms with van der Waals surface area (Å²) in [5.41, 5.74) is 3.90. The summed E-state index contributed by atoms with van der Waals surface area (Å²) in [6.45, 7) is 5.99. The molecule has 0 aromatic heterocycles. The molecule has 0 spiro atoms. The Morgan fingerprint density at radius 2 is 1.78 bits per heavy atom. The molecule has 0 saturated heterocycles. The number of aliphatic imine (C=N–C) groups is 1. The van der Waals surface area contributed by atoms with Gasteiger partial charge in [0.15, 0.2) is 5.96 Å². The molecule has 0 amide bonds. The maximum absolute atomic E-state index is 4.28. The summed E-state index contributed by atoms with van der Waals surface area (Å²) < 4.78 is 0. The van der Waals surface area contributed by atoms with Crippen molar-refractivity contribution in [1.82, 2.24) is 10.6 Å². The van der Waals surface area contributed by atoms with Gasteiger partial charge in [0, 0.05) is 20.1 Å². The van der Waals surface area contributed by atoms with Crippen LogP contribution >= 0.6 is 24.0 Å². The summed E-state index contributed by atoms with van der Waals surface area (Å²) >= 11 is 0. The number of nitrogens with zero attached hydrogens (tertiary/aromatic N) is 1. The molecule has 0 fully saturated rings. The van der Waals surface area contributed by atoms with Crippen LogP contribution in [-0.4, -0.2) is 19.6 Å². The van der Waals surface area contributed by atoms with Crippen molar-refractivity contribution in [2.75, 3.05) is 13.6 Å². The minimum Gasteiger partial charge on any atom is -0.356 e. The SMILES string of the molecule is CN=C(NCc1ccccc1)NCC(C)c1cccc(C)c1.I. The van der Waals surface area contributed by atoms with Crippen molar-refractivity contribution in [1.29, 1.82) is 0 Å². The van der Waals surface area contributed by atoms with Gasteiger partial charge < -0.3 is 10.6 Å². The first-order chi connectivity index (χ1) is 10.7. The van der Waals surface area contributed by atoms with Crippen LogP contribution < -0.4 is 10.6 Å². The predicted octanol–water partition coefficient (Wildman–Crippen LogP) is 4.08. The number of guanidine groups is 1. The lowest BCUT2D eigenvalue weighted by Gasteiger charge is -2.17. The Labute approximate surface area is 156 Å². The number of hydrogen-bond donors (Lipinski definition) is 2. The van der Waals surface area contributed by atoms with Gasteiger partial charge in [0.2, 0.25) is 0 Å². The van der Waals surface area contributed by atoms with E-state index in [9.17, 15) is 0 Å². The highest BCUT2D eigenvalue weighted by Crippen LogP contribution is 2.15. The molecule has 0 radical (unpaired) electrons. The monoisotopic (exact) mass is 423 g/mol. The molecule has 2 rings (SSSR count). The fraction of sp³-hybridized carbons (Fsp3) is 0.316. The van der Waals surface area contributed by atoms with Gasteiger partial charge in [-0.1, -0.05) is 67.1 Å². The first kappa shape index (κ1) is 19.5. The smallest absolute Gasteiger partial charge is 0.191 e. The van der Waals surface area contributed by atoms with Crippen LogP contribution in [0.1, 0.15) is 29.5 Å². The van der Waals surface area contributed by atoms with Crippen LogP contribution in [0, 0.1) is 6.92 Å². The molecule has 4 heteroatoms. The average molecular weight is 423 g/mol. The third-order valence-corrected chi connectivity index (χ3v) is 3.71. The van der Waals surface area contributed by atoms with Crippen molar-refractivity contribution < 1.29 is 0 Å². The molecule has 2 N–H and O–H groups in total. The third-order valence-electron chi connectivity index (χ3n) is 3.71. The molecule has 3 nitrogen and oxygen atoms in total. The fourth-order valence-corrected chi connectivity index (χ4v) is 2.35. The summed E-state index contributed by atoms with van der Waals surface area (Å²) in [7, 11) is 1.80. The molecule has 0 aliphatic heterocycles. The number of benzene rings is 2. The highest BCUT2D eigenvalue weighted by molar-refractivity contribution is 14.0. The van der Waals surface area contributed by atoms with Crippen molar-refractivity contribution in [3.05, 3.63) is 71.3 Å². The number of hydrogen-bond acceptors (Lipinski definition) is 1. The maximum atomic E-state index is 4.28. The minimum atomic E-state index is 0. The molecule has 1 atom stereocenters. The molecule has 1 unspecified atom stereocenters. The zero-order valence-electron chi connectivity index (χ0n) is 14.0. The van der Waals surface area contributed by atoms with Gasteiger partial charge in [-0.15, -0.1) is 24.0 Å². The average Bonchev–Trinajstić information content (AvgIpc) is 2.55. The van der Waals surface area contributed by atoms with E-state index in [1.807, 2.05) is 18.2 Å². The largest absolute Gasteiger partial charge is 0.356 e. The Morgan fingerprint density at radius 1 is 1.04 bits per heavy atom. The lowest BCUT2D eigenvalue weighted by Crippen LogP contribution is -2.38. The molecular formula is C19H26IN3. The second-order valence-electron chi connectivity index (χ2n) is 5.61. The summed E-state index contributed by atoms with van der Waals surface area (Å²) in [5.74, 6) is 1.28. The number of aryl methyl sites for hydroxylation is 1. The summed E-state index contributed by atoms with van der Waals surface area (Å²) in [5, 5.41) is 6.74. The molecule has 0 heterocycles. The molecule has 124 valence electrons. The quantitative estimate of drug-likeness (QED) is 0.432. The summed E-state index contributed by atoms with van der Waals surface area (Å²) in [6, 6.07) is 19.0. The molecular weight excluding hydrogens is 397 g/mol. The van der Waals surface area contributed by atoms with E-state index in [1.54, 1.807) is 7.05 Å². The zero-order chi connectivity index (χ0) is 15.8. The lowest BCUT2D eigenvalue weighted by molar-refractivity contribution is 0.698. The first-order valence-electron chi connectivity index (χ1n) is 7.74. The van der Waals surface area contributed by atoms with E-state index in [0.29, 0.717) is 5.92 Å². The number of nitrogens with one attached hydrogen (secondary N) is 2. The van der Waals surface area contributed by atoms with Gasteiger partial charge in [-0.3, -0.25) is 4.99 Å². The standard InChI is InChI=1S/C19H25N3.HI/c1-15-8-7-11-18(12-15)16(2)13-21-19(20-3)22-14-17-9-5-4-6-10-17;/h4-12,16H,13-14H2,1-3H3,(H2,20,21,22);1H. The Kier molecular flexibility index (Phi) is 8.69. The highest BCUT2D eigenvalue weighted by Gasteiger charge is 2.06. The third kappa shape index (κ3) is 6.60. The molecule has 0 bridgehead atoms. The van der Waals surface area contributed by atoms with E-state index in [4.69, 9.17) is 0 Å². The van der Waals surface area contributed by atoms with E-state index in [-0.39, 0.29) is 24.0 Å². The Hall–Kier alpha value is -1.56. The van der Waals surface area contributed by atoms with E-state index in [2.05, 4.69) is 65.9 Å². The molecule has 0 aliphatic carbocycles. The number of halogens is 1. The molecule has 23 heavy (non-hydrogen) atoms. The molecule has 0 saturated carbocycles. The van der Waals surface area contributed by atoms with E-state index in [0.717, 1.165) is 19.0 Å². The van der Waals surface area contributed by atoms with Crippen LogP contribution in [0.4, 0.5) is 0 Å². The molecule has 2 aromatic rings. The van der Waals surface area contributed by atoms with Gasteiger partial charge in [0.25, 0.3) is 0 Å². The first-order valence-corrected chi connectivity index (χ1v) is 7.74. The van der Waals surface area contributed by atoms with E-state index < -0.39 is 0 Å². The van der Waals surface area contributed by atoms with Gasteiger partial charge in [-0.05, 0) is 24.0 Å². The normalized spacial score (nSPS) is 12.2. The summed E-state index contributed by atoms with van der Waals surface area (Å²) in [6.07, 6.45) is 0. The molecule has 0 aliphatic rings. The molecule has 2 aromatic carbocycles. The zero-order valence-corrected chi connectivity index (χ0v) is 16.4. The second-order valence-corrected chi connectivity index (χ2v) is 5.61. The summed E-state index contributed by atoms with van der Waals surface area (Å²) in [4.78, 5) is 4.28. The van der Waals surface area contributed by atoms with Gasteiger partial charge in [-0.2, -0.15) is 0 Å². The van der Waals surface area contributed by atoms with Crippen LogP contribution in [0.3, 0.4) is 0 Å². The minimum absolute atomic E-state index is 0. The Balaban J connectivity index is 0.00000264. The van der Waals surface area contributed by atoms with Gasteiger partial charge in [0.1, 0.15) is 0 Å². The van der Waals surface area contributed by atoms with Crippen molar-refractivity contribution in [2.45, 2.75) is 26.3 Å². The van der Waals surface area contributed by atoms with Crippen LogP contribution in [0.2, 0.25) is 0 Å². The Bertz CT molecular complexity index is 611. The van der Waals surface area contributed by atoms with Gasteiger partial charge in [0.05, 0.1) is 0 Å². The van der Waals surface area contributed by atoms with Crippen LogP contribution in [0.15, 0.2) is 59.6 Å². The highest BCUT2D eigenvalue weighted by atomic mass is 127. The van der Waals surface area contributed by atoms with Crippen LogP contribution in [0.5, 0.6) is 0 Å². The van der Waals surface area contributed by atoms with Gasteiger partial charge >= 0.3 is 0 Å². The van der Waals surface area contributed by atoms with Gasteiger partial charge in [-0.25, -0.2) is 0 Å². The van der Waals surface area contributed by atoms with Crippen molar-refractivity contribution >= 4 is 29.9 Å². The van der Waals surface area contributed by atoms with Crippen LogP contribution in [0.25, 0.3) is 0 Å².